The maximum Gasteiger partial charge on any atom is 0.416 e. The van der Waals surface area contributed by atoms with Gasteiger partial charge in [0.1, 0.15) is 6.20 Å². The molecule has 100 valence electrons. The second kappa shape index (κ2) is 4.71. The van der Waals surface area contributed by atoms with E-state index in [9.17, 15) is 22.8 Å². The second-order valence-corrected chi connectivity index (χ2v) is 3.79. The Bertz CT molecular complexity index is 686. The van der Waals surface area contributed by atoms with Crippen LogP contribution in [-0.2, 0) is 12.7 Å². The molecule has 8 heteroatoms. The Balaban J connectivity index is 2.25. The molecule has 1 heterocycles. The van der Waals surface area contributed by atoms with E-state index in [2.05, 4.69) is 5.10 Å². The van der Waals surface area contributed by atoms with Crippen molar-refractivity contribution in [3.8, 4) is 0 Å². The first-order chi connectivity index (χ1) is 8.86. The third kappa shape index (κ3) is 3.09. The van der Waals surface area contributed by atoms with Crippen molar-refractivity contribution in [2.75, 3.05) is 0 Å². The summed E-state index contributed by atoms with van der Waals surface area (Å²) in [5.41, 5.74) is -1.64. The van der Waals surface area contributed by atoms with E-state index in [4.69, 9.17) is 0 Å². The summed E-state index contributed by atoms with van der Waals surface area (Å²) in [6.07, 6.45) is -3.48. The molecule has 2 aromatic rings. The summed E-state index contributed by atoms with van der Waals surface area (Å²) in [5.74, 6) is 0. The molecular weight excluding hydrogens is 263 g/mol. The summed E-state index contributed by atoms with van der Waals surface area (Å²) in [4.78, 5) is 24.1. The maximum atomic E-state index is 12.3. The number of nitrogens with one attached hydrogen (secondary N) is 1. The van der Waals surface area contributed by atoms with Crippen LogP contribution in [0.25, 0.3) is 0 Å². The summed E-state index contributed by atoms with van der Waals surface area (Å²) >= 11 is 0. The highest BCUT2D eigenvalue weighted by molar-refractivity contribution is 5.24. The lowest BCUT2D eigenvalue weighted by Gasteiger charge is -2.08. The zero-order valence-electron chi connectivity index (χ0n) is 9.44. The highest BCUT2D eigenvalue weighted by atomic mass is 19.4. The van der Waals surface area contributed by atoms with Crippen LogP contribution >= 0.6 is 0 Å². The number of H-pyrrole nitrogens is 1. The molecule has 2 rings (SSSR count). The fourth-order valence-electron chi connectivity index (χ4n) is 1.46. The van der Waals surface area contributed by atoms with E-state index in [1.54, 1.807) is 0 Å². The average Bonchev–Trinajstić information content (AvgIpc) is 2.32. The lowest BCUT2D eigenvalue weighted by atomic mass is 10.1. The molecule has 0 bridgehead atoms. The second-order valence-electron chi connectivity index (χ2n) is 3.79. The topological polar surface area (TPSA) is 67.8 Å². The van der Waals surface area contributed by atoms with E-state index >= 15 is 0 Å². The molecule has 1 N–H and O–H groups in total. The normalized spacial score (nSPS) is 11.5. The van der Waals surface area contributed by atoms with Crippen LogP contribution in [0.5, 0.6) is 0 Å². The van der Waals surface area contributed by atoms with E-state index in [-0.39, 0.29) is 6.54 Å². The molecule has 0 saturated carbocycles. The smallest absolute Gasteiger partial charge is 0.271 e. The monoisotopic (exact) mass is 271 g/mol. The molecule has 0 amide bonds. The van der Waals surface area contributed by atoms with Crippen LogP contribution in [0.1, 0.15) is 11.1 Å². The number of halogens is 3. The molecule has 1 aromatic carbocycles. The molecule has 5 nitrogen and oxygen atoms in total. The SMILES string of the molecule is O=c1cnn(Cc2ccc(C(F)(F)F)cc2)c(=O)[nH]1. The molecule has 0 saturated heterocycles. The molecule has 1 aromatic heterocycles. The van der Waals surface area contributed by atoms with Gasteiger partial charge in [-0.05, 0) is 17.7 Å². The number of aromatic nitrogens is 3. The van der Waals surface area contributed by atoms with Gasteiger partial charge in [0, 0.05) is 0 Å². The quantitative estimate of drug-likeness (QED) is 0.886. The Morgan fingerprint density at radius 3 is 2.32 bits per heavy atom. The largest absolute Gasteiger partial charge is 0.416 e. The first-order valence-corrected chi connectivity index (χ1v) is 5.19. The van der Waals surface area contributed by atoms with Crippen molar-refractivity contribution in [1.82, 2.24) is 14.8 Å². The van der Waals surface area contributed by atoms with Crippen molar-refractivity contribution in [3.63, 3.8) is 0 Å². The first-order valence-electron chi connectivity index (χ1n) is 5.19. The number of benzene rings is 1. The van der Waals surface area contributed by atoms with E-state index < -0.39 is 23.0 Å². The minimum Gasteiger partial charge on any atom is -0.271 e. The summed E-state index contributed by atoms with van der Waals surface area (Å²) in [5, 5.41) is 3.58. The van der Waals surface area contributed by atoms with Gasteiger partial charge >= 0.3 is 11.9 Å². The Morgan fingerprint density at radius 2 is 1.79 bits per heavy atom. The van der Waals surface area contributed by atoms with Gasteiger partial charge in [0.05, 0.1) is 12.1 Å². The lowest BCUT2D eigenvalue weighted by molar-refractivity contribution is -0.137. The highest BCUT2D eigenvalue weighted by Gasteiger charge is 2.29. The maximum absolute atomic E-state index is 12.3. The Kier molecular flexibility index (Phi) is 3.24. The Morgan fingerprint density at radius 1 is 1.16 bits per heavy atom. The number of hydrogen-bond donors (Lipinski definition) is 1. The molecule has 19 heavy (non-hydrogen) atoms. The molecule has 0 aliphatic rings. The van der Waals surface area contributed by atoms with Crippen LogP contribution < -0.4 is 11.2 Å². The van der Waals surface area contributed by atoms with E-state index in [1.165, 1.54) is 12.1 Å². The summed E-state index contributed by atoms with van der Waals surface area (Å²) in [6, 6.07) is 4.35. The third-order valence-electron chi connectivity index (χ3n) is 2.39. The van der Waals surface area contributed by atoms with Crippen LogP contribution in [0.2, 0.25) is 0 Å². The Labute approximate surface area is 104 Å². The minimum atomic E-state index is -4.40. The molecule has 0 aliphatic heterocycles. The van der Waals surface area contributed by atoms with Crippen molar-refractivity contribution in [2.45, 2.75) is 12.7 Å². The number of rotatable bonds is 2. The zero-order valence-corrected chi connectivity index (χ0v) is 9.44. The van der Waals surface area contributed by atoms with Gasteiger partial charge < -0.3 is 0 Å². The molecule has 0 fully saturated rings. The van der Waals surface area contributed by atoms with E-state index in [0.717, 1.165) is 23.0 Å². The van der Waals surface area contributed by atoms with E-state index in [0.29, 0.717) is 5.56 Å². The fraction of sp³-hybridized carbons (Fsp3) is 0.182. The van der Waals surface area contributed by atoms with Crippen LogP contribution in [0.15, 0.2) is 40.1 Å². The van der Waals surface area contributed by atoms with Crippen LogP contribution in [-0.4, -0.2) is 14.8 Å². The number of hydrogen-bond acceptors (Lipinski definition) is 3. The number of nitrogens with zero attached hydrogens (tertiary/aromatic N) is 2. The zero-order chi connectivity index (χ0) is 14.0. The van der Waals surface area contributed by atoms with Crippen LogP contribution in [0.4, 0.5) is 13.2 Å². The first kappa shape index (κ1) is 13.1. The van der Waals surface area contributed by atoms with Crippen molar-refractivity contribution in [3.05, 3.63) is 62.4 Å². The van der Waals surface area contributed by atoms with Gasteiger partial charge in [-0.2, -0.15) is 18.3 Å². The molecule has 0 aliphatic carbocycles. The van der Waals surface area contributed by atoms with Gasteiger partial charge in [-0.25, -0.2) is 9.48 Å². The van der Waals surface area contributed by atoms with Crippen molar-refractivity contribution in [1.29, 1.82) is 0 Å². The van der Waals surface area contributed by atoms with Crippen molar-refractivity contribution >= 4 is 0 Å². The number of aromatic amines is 1. The Hall–Kier alpha value is -2.38. The molecular formula is C11H8F3N3O2. The van der Waals surface area contributed by atoms with Crippen LogP contribution in [0.3, 0.4) is 0 Å². The van der Waals surface area contributed by atoms with Crippen LogP contribution in [0, 0.1) is 0 Å². The predicted molar refractivity (Wildman–Crippen MR) is 59.7 cm³/mol. The molecule has 0 atom stereocenters. The summed E-state index contributed by atoms with van der Waals surface area (Å²) < 4.78 is 38.0. The van der Waals surface area contributed by atoms with Gasteiger partial charge in [-0.15, -0.1) is 0 Å². The number of alkyl halides is 3. The van der Waals surface area contributed by atoms with Gasteiger partial charge in [-0.1, -0.05) is 12.1 Å². The van der Waals surface area contributed by atoms with Gasteiger partial charge in [0.15, 0.2) is 0 Å². The van der Waals surface area contributed by atoms with Crippen molar-refractivity contribution < 1.29 is 13.2 Å². The standard InChI is InChI=1S/C11H8F3N3O2/c12-11(13,14)8-3-1-7(2-4-8)6-17-10(19)16-9(18)5-15-17/h1-5H,6H2,(H,16,18,19). The highest BCUT2D eigenvalue weighted by Crippen LogP contribution is 2.29. The third-order valence-corrected chi connectivity index (χ3v) is 2.39. The lowest BCUT2D eigenvalue weighted by Crippen LogP contribution is -2.31. The van der Waals surface area contributed by atoms with Gasteiger partial charge in [0.2, 0.25) is 0 Å². The van der Waals surface area contributed by atoms with Gasteiger partial charge in [0.25, 0.3) is 5.56 Å². The van der Waals surface area contributed by atoms with Crippen molar-refractivity contribution in [2.24, 2.45) is 0 Å². The average molecular weight is 271 g/mol. The van der Waals surface area contributed by atoms with Gasteiger partial charge in [-0.3, -0.25) is 9.78 Å². The molecule has 0 radical (unpaired) electrons. The molecule has 0 unspecified atom stereocenters. The fourth-order valence-corrected chi connectivity index (χ4v) is 1.46. The summed E-state index contributed by atoms with van der Waals surface area (Å²) in [6.45, 7) is -0.0201. The summed E-state index contributed by atoms with van der Waals surface area (Å²) in [7, 11) is 0. The minimum absolute atomic E-state index is 0.0201. The van der Waals surface area contributed by atoms with E-state index in [1.807, 2.05) is 4.98 Å². The predicted octanol–water partition coefficient (Wildman–Crippen LogP) is 0.999. The molecule has 0 spiro atoms.